The average Bonchev–Trinajstić information content (AvgIpc) is 2.82. The second-order valence-electron chi connectivity index (χ2n) is 12.6. The van der Waals surface area contributed by atoms with E-state index in [1.807, 2.05) is 53.7 Å². The Bertz CT molecular complexity index is 1080. The van der Waals surface area contributed by atoms with Gasteiger partial charge in [0.05, 0.1) is 11.0 Å². The first-order chi connectivity index (χ1) is 16.6. The van der Waals surface area contributed by atoms with Gasteiger partial charge >= 0.3 is 0 Å². The summed E-state index contributed by atoms with van der Waals surface area (Å²) in [6.07, 6.45) is 11.3. The van der Waals surface area contributed by atoms with Crippen molar-refractivity contribution < 1.29 is 19.1 Å². The monoisotopic (exact) mass is 494 g/mol. The van der Waals surface area contributed by atoms with Crippen LogP contribution >= 0.6 is 0 Å². The molecule has 2 aliphatic carbocycles. The van der Waals surface area contributed by atoms with E-state index in [0.29, 0.717) is 37.0 Å². The Kier molecular flexibility index (Phi) is 7.54. The lowest BCUT2D eigenvalue weighted by Gasteiger charge is -2.61. The first-order valence-electron chi connectivity index (χ1n) is 13.7. The highest BCUT2D eigenvalue weighted by Crippen LogP contribution is 2.67. The number of hydrogen-bond acceptors (Lipinski definition) is 4. The zero-order valence-electron chi connectivity index (χ0n) is 24.1. The number of allylic oxidation sites excluding steroid dienone is 7. The highest BCUT2D eigenvalue weighted by Gasteiger charge is 2.75. The van der Waals surface area contributed by atoms with Crippen LogP contribution in [0.1, 0.15) is 101 Å². The molecule has 0 N–H and O–H groups in total. The van der Waals surface area contributed by atoms with Crippen molar-refractivity contribution in [1.29, 1.82) is 0 Å². The predicted octanol–water partition coefficient (Wildman–Crippen LogP) is 7.49. The van der Waals surface area contributed by atoms with Crippen molar-refractivity contribution >= 4 is 17.3 Å². The molecule has 5 atom stereocenters. The van der Waals surface area contributed by atoms with Gasteiger partial charge in [0.2, 0.25) is 0 Å². The highest BCUT2D eigenvalue weighted by atomic mass is 16.5. The van der Waals surface area contributed by atoms with Crippen LogP contribution in [0.25, 0.3) is 0 Å². The topological polar surface area (TPSA) is 60.4 Å². The van der Waals surface area contributed by atoms with Crippen molar-refractivity contribution in [3.8, 4) is 0 Å². The quantitative estimate of drug-likeness (QED) is 0.259. The number of ketones is 3. The van der Waals surface area contributed by atoms with Crippen LogP contribution in [-0.2, 0) is 19.1 Å². The van der Waals surface area contributed by atoms with Gasteiger partial charge in [0.15, 0.2) is 22.8 Å². The molecule has 0 unspecified atom stereocenters. The number of rotatable bonds is 8. The molecule has 0 saturated heterocycles. The average molecular weight is 495 g/mol. The maximum atomic E-state index is 14.8. The van der Waals surface area contributed by atoms with Crippen LogP contribution < -0.4 is 0 Å². The van der Waals surface area contributed by atoms with E-state index in [-0.39, 0.29) is 23.3 Å². The van der Waals surface area contributed by atoms with Gasteiger partial charge in [-0.1, -0.05) is 51.0 Å². The Morgan fingerprint density at radius 2 is 1.75 bits per heavy atom. The van der Waals surface area contributed by atoms with Crippen molar-refractivity contribution in [1.82, 2.24) is 0 Å². The van der Waals surface area contributed by atoms with E-state index in [1.54, 1.807) is 0 Å². The van der Waals surface area contributed by atoms with E-state index in [0.717, 1.165) is 6.42 Å². The van der Waals surface area contributed by atoms with Crippen LogP contribution in [0.4, 0.5) is 0 Å². The van der Waals surface area contributed by atoms with Crippen LogP contribution in [0.3, 0.4) is 0 Å². The molecule has 1 heterocycles. The number of carbonyl (C=O) groups is 3. The largest absolute Gasteiger partial charge is 0.486 e. The molecule has 0 amide bonds. The van der Waals surface area contributed by atoms with Gasteiger partial charge in [0.1, 0.15) is 11.4 Å². The third-order valence-electron chi connectivity index (χ3n) is 9.27. The Labute approximate surface area is 218 Å². The van der Waals surface area contributed by atoms with Gasteiger partial charge in [-0.25, -0.2) is 0 Å². The molecule has 0 aromatic carbocycles. The van der Waals surface area contributed by atoms with Crippen molar-refractivity contribution in [2.45, 2.75) is 107 Å². The number of Topliss-reactive ketones (excluding diaryl/α,β-unsaturated/α-hetero) is 3. The Morgan fingerprint density at radius 1 is 1.11 bits per heavy atom. The fraction of sp³-hybridized carbons (Fsp3) is 0.656. The third-order valence-corrected chi connectivity index (χ3v) is 9.27. The minimum Gasteiger partial charge on any atom is -0.486 e. The van der Waals surface area contributed by atoms with Crippen LogP contribution in [0.5, 0.6) is 0 Å². The van der Waals surface area contributed by atoms with E-state index in [4.69, 9.17) is 4.74 Å². The van der Waals surface area contributed by atoms with Crippen LogP contribution in [0.2, 0.25) is 0 Å². The lowest BCUT2D eigenvalue weighted by Crippen LogP contribution is -2.71. The molecule has 198 valence electrons. The van der Waals surface area contributed by atoms with Gasteiger partial charge in [-0.15, -0.1) is 0 Å². The fourth-order valence-corrected chi connectivity index (χ4v) is 6.48. The normalized spacial score (nSPS) is 34.2. The summed E-state index contributed by atoms with van der Waals surface area (Å²) in [6, 6.07) is 0. The van der Waals surface area contributed by atoms with Gasteiger partial charge in [0, 0.05) is 11.3 Å². The summed E-state index contributed by atoms with van der Waals surface area (Å²) in [5.74, 6) is -0.811. The van der Waals surface area contributed by atoms with Gasteiger partial charge in [-0.3, -0.25) is 14.4 Å². The second kappa shape index (κ2) is 9.58. The van der Waals surface area contributed by atoms with E-state index >= 15 is 0 Å². The van der Waals surface area contributed by atoms with Crippen LogP contribution in [0.15, 0.2) is 46.8 Å². The van der Waals surface area contributed by atoms with Crippen LogP contribution in [0, 0.1) is 28.1 Å². The molecule has 0 aromatic heterocycles. The van der Waals surface area contributed by atoms with E-state index in [2.05, 4.69) is 39.8 Å². The first kappa shape index (κ1) is 28.3. The van der Waals surface area contributed by atoms with Gasteiger partial charge in [0.25, 0.3) is 0 Å². The summed E-state index contributed by atoms with van der Waals surface area (Å²) >= 11 is 0. The van der Waals surface area contributed by atoms with Crippen molar-refractivity contribution in [3.63, 3.8) is 0 Å². The minimum absolute atomic E-state index is 0.0420. The number of fused-ring (bicyclic) bond motifs is 3. The standard InChI is InChI=1S/C32H46O4/c1-11-21(5)15-18-31(10)23(14-13-20(3)4)19-30(9)27-24(16-17-29(7,8)36-27)26(34)32(31,28(30)35)25(33)22(6)12-2/h13,15-17,22-23H,11-12,14,18-19H2,1-10H3/b21-15-/t22-,23+,30-,31-,32+/m0/s1. The molecule has 3 rings (SSSR count). The number of carbonyl (C=O) groups excluding carboxylic acids is 3. The van der Waals surface area contributed by atoms with Crippen molar-refractivity contribution in [3.05, 3.63) is 46.8 Å². The molecule has 2 bridgehead atoms. The molecular weight excluding hydrogens is 448 g/mol. The van der Waals surface area contributed by atoms with Gasteiger partial charge < -0.3 is 4.74 Å². The molecule has 1 saturated carbocycles. The minimum atomic E-state index is -1.73. The maximum Gasteiger partial charge on any atom is 0.187 e. The lowest BCUT2D eigenvalue weighted by atomic mass is 9.38. The Hall–Kier alpha value is -2.23. The molecule has 0 aromatic rings. The zero-order valence-corrected chi connectivity index (χ0v) is 24.1. The summed E-state index contributed by atoms with van der Waals surface area (Å²) in [5.41, 5.74) is -1.42. The van der Waals surface area contributed by atoms with E-state index in [1.165, 1.54) is 11.1 Å². The molecule has 4 heteroatoms. The summed E-state index contributed by atoms with van der Waals surface area (Å²) < 4.78 is 6.39. The van der Waals surface area contributed by atoms with Crippen molar-refractivity contribution in [2.24, 2.45) is 28.1 Å². The molecule has 1 aliphatic heterocycles. The smallest absolute Gasteiger partial charge is 0.187 e. The molecule has 3 aliphatic rings. The second-order valence-corrected chi connectivity index (χ2v) is 12.6. The Morgan fingerprint density at radius 3 is 2.31 bits per heavy atom. The molecule has 4 nitrogen and oxygen atoms in total. The van der Waals surface area contributed by atoms with E-state index in [9.17, 15) is 14.4 Å². The summed E-state index contributed by atoms with van der Waals surface area (Å²) in [7, 11) is 0. The molecule has 0 radical (unpaired) electrons. The molecule has 0 spiro atoms. The zero-order chi connectivity index (χ0) is 27.3. The summed E-state index contributed by atoms with van der Waals surface area (Å²) in [6.45, 7) is 20.0. The SMILES string of the molecule is CC/C(C)=C\C[C@@]1(C)[C@H](CC=C(C)C)C[C@]2(C)C(=O)[C@@]1(C(=O)[C@@H](C)CC)C(=O)C1=C2OC(C)(C)C=C1. The Balaban J connectivity index is 2.42. The highest BCUT2D eigenvalue weighted by molar-refractivity contribution is 6.34. The fourth-order valence-electron chi connectivity index (χ4n) is 6.48. The summed E-state index contributed by atoms with van der Waals surface area (Å²) in [5, 5.41) is 0. The molecular formula is C32H46O4. The van der Waals surface area contributed by atoms with E-state index < -0.39 is 27.8 Å². The number of ether oxygens (including phenoxy) is 1. The lowest BCUT2D eigenvalue weighted by molar-refractivity contribution is -0.180. The molecule has 36 heavy (non-hydrogen) atoms. The van der Waals surface area contributed by atoms with Crippen LogP contribution in [-0.4, -0.2) is 23.0 Å². The third kappa shape index (κ3) is 4.09. The summed E-state index contributed by atoms with van der Waals surface area (Å²) in [4.78, 5) is 43.9. The predicted molar refractivity (Wildman–Crippen MR) is 145 cm³/mol. The van der Waals surface area contributed by atoms with Crippen molar-refractivity contribution in [2.75, 3.05) is 0 Å². The molecule has 1 fully saturated rings. The van der Waals surface area contributed by atoms with Gasteiger partial charge in [-0.2, -0.15) is 0 Å². The number of hydrogen-bond donors (Lipinski definition) is 0. The first-order valence-corrected chi connectivity index (χ1v) is 13.7. The maximum absolute atomic E-state index is 14.8. The van der Waals surface area contributed by atoms with Gasteiger partial charge in [-0.05, 0) is 91.7 Å².